The maximum atomic E-state index is 13.4. The summed E-state index contributed by atoms with van der Waals surface area (Å²) in [5, 5.41) is 0.544. The summed E-state index contributed by atoms with van der Waals surface area (Å²) in [6, 6.07) is 15.1. The highest BCUT2D eigenvalue weighted by atomic mass is 35.5. The lowest BCUT2D eigenvalue weighted by molar-refractivity contribution is -0.123. The van der Waals surface area contributed by atoms with Gasteiger partial charge in [-0.05, 0) is 43.7 Å². The van der Waals surface area contributed by atoms with Crippen LogP contribution in [-0.2, 0) is 9.59 Å². The van der Waals surface area contributed by atoms with Crippen molar-refractivity contribution >= 4 is 34.9 Å². The van der Waals surface area contributed by atoms with Crippen LogP contribution in [-0.4, -0.2) is 41.1 Å². The molecule has 3 fully saturated rings. The topological polar surface area (TPSA) is 57.7 Å². The molecular weight excluding hydrogens is 376 g/mol. The zero-order valence-corrected chi connectivity index (χ0v) is 15.9. The largest absolute Gasteiger partial charge is 0.292 e. The predicted octanol–water partition coefficient (Wildman–Crippen LogP) is 3.18. The summed E-state index contributed by atoms with van der Waals surface area (Å²) in [4.78, 5) is 43.3. The minimum absolute atomic E-state index is 0.0450. The van der Waals surface area contributed by atoms with E-state index in [-0.39, 0.29) is 23.6 Å². The average Bonchev–Trinajstić information content (AvgIpc) is 3.35. The van der Waals surface area contributed by atoms with Crippen LogP contribution in [0.2, 0.25) is 5.02 Å². The third-order valence-corrected chi connectivity index (χ3v) is 6.52. The lowest BCUT2D eigenvalue weighted by Gasteiger charge is -2.27. The number of Topliss-reactive ketones (excluding diaryl/α,β-unsaturated/α-hetero) is 1. The van der Waals surface area contributed by atoms with E-state index in [4.69, 9.17) is 11.6 Å². The number of benzene rings is 2. The highest BCUT2D eigenvalue weighted by Crippen LogP contribution is 2.48. The third-order valence-electron chi connectivity index (χ3n) is 6.26. The van der Waals surface area contributed by atoms with Gasteiger partial charge >= 0.3 is 0 Å². The molecule has 0 aromatic heterocycles. The molecule has 0 saturated carbocycles. The second-order valence-corrected chi connectivity index (χ2v) is 8.10. The number of ketones is 1. The fourth-order valence-electron chi connectivity index (χ4n) is 5.13. The minimum atomic E-state index is -0.624. The first-order valence-corrected chi connectivity index (χ1v) is 9.94. The molecule has 28 heavy (non-hydrogen) atoms. The summed E-state index contributed by atoms with van der Waals surface area (Å²) < 4.78 is 0. The lowest BCUT2D eigenvalue weighted by atomic mass is 9.85. The summed E-state index contributed by atoms with van der Waals surface area (Å²) in [5.41, 5.74) is 1.10. The number of anilines is 1. The fourth-order valence-corrected chi connectivity index (χ4v) is 5.26. The number of hydrogen-bond acceptors (Lipinski definition) is 4. The number of halogens is 1. The molecule has 0 radical (unpaired) electrons. The molecule has 0 spiro atoms. The molecule has 2 aromatic rings. The Kier molecular flexibility index (Phi) is 4.11. The number of imide groups is 1. The minimum Gasteiger partial charge on any atom is -0.292 e. The number of nitrogens with zero attached hydrogens (tertiary/aromatic N) is 2. The van der Waals surface area contributed by atoms with E-state index in [2.05, 4.69) is 4.90 Å². The number of carbonyl (C=O) groups is 3. The monoisotopic (exact) mass is 394 g/mol. The first-order valence-electron chi connectivity index (χ1n) is 9.56. The summed E-state index contributed by atoms with van der Waals surface area (Å²) in [6.45, 7) is 0.752. The van der Waals surface area contributed by atoms with Crippen molar-refractivity contribution in [2.75, 3.05) is 11.4 Å². The van der Waals surface area contributed by atoms with Crippen LogP contribution in [0, 0.1) is 11.8 Å². The van der Waals surface area contributed by atoms with Crippen LogP contribution in [0.15, 0.2) is 54.6 Å². The maximum absolute atomic E-state index is 13.4. The Labute approximate surface area is 167 Å². The molecule has 3 saturated heterocycles. The molecule has 0 N–H and O–H groups in total. The van der Waals surface area contributed by atoms with Gasteiger partial charge in [0.15, 0.2) is 5.78 Å². The quantitative estimate of drug-likeness (QED) is 0.592. The molecular formula is C22H19ClN2O3. The zero-order valence-electron chi connectivity index (χ0n) is 15.1. The Morgan fingerprint density at radius 2 is 1.61 bits per heavy atom. The van der Waals surface area contributed by atoms with Crippen LogP contribution in [0.3, 0.4) is 0 Å². The van der Waals surface area contributed by atoms with Crippen LogP contribution in [0.5, 0.6) is 0 Å². The molecule has 3 aliphatic rings. The maximum Gasteiger partial charge on any atom is 0.239 e. The molecule has 142 valence electrons. The van der Waals surface area contributed by atoms with Gasteiger partial charge in [0.2, 0.25) is 11.8 Å². The van der Waals surface area contributed by atoms with E-state index >= 15 is 0 Å². The van der Waals surface area contributed by atoms with Gasteiger partial charge in [-0.15, -0.1) is 0 Å². The van der Waals surface area contributed by atoms with E-state index in [1.807, 2.05) is 18.2 Å². The van der Waals surface area contributed by atoms with Crippen LogP contribution >= 0.6 is 11.6 Å². The average molecular weight is 395 g/mol. The molecule has 2 amide bonds. The van der Waals surface area contributed by atoms with Crippen LogP contribution in [0.1, 0.15) is 23.2 Å². The van der Waals surface area contributed by atoms with Crippen molar-refractivity contribution in [1.82, 2.24) is 4.90 Å². The number of hydrogen-bond donors (Lipinski definition) is 0. The smallest absolute Gasteiger partial charge is 0.239 e. The van der Waals surface area contributed by atoms with Gasteiger partial charge in [-0.2, -0.15) is 0 Å². The Balaban J connectivity index is 1.55. The molecule has 4 atom stereocenters. The van der Waals surface area contributed by atoms with Gasteiger partial charge in [-0.25, -0.2) is 4.90 Å². The van der Waals surface area contributed by atoms with Crippen molar-refractivity contribution < 1.29 is 14.4 Å². The van der Waals surface area contributed by atoms with Crippen molar-refractivity contribution in [3.05, 3.63) is 65.2 Å². The van der Waals surface area contributed by atoms with E-state index < -0.39 is 17.9 Å². The van der Waals surface area contributed by atoms with Gasteiger partial charge in [0.25, 0.3) is 0 Å². The Hall–Kier alpha value is -2.50. The molecule has 5 nitrogen and oxygen atoms in total. The van der Waals surface area contributed by atoms with Crippen LogP contribution in [0.4, 0.5) is 5.69 Å². The number of rotatable bonds is 3. The fraction of sp³-hybridized carbons (Fsp3) is 0.318. The normalized spacial score (nSPS) is 29.2. The van der Waals surface area contributed by atoms with E-state index in [0.717, 1.165) is 19.4 Å². The van der Waals surface area contributed by atoms with Gasteiger partial charge in [0.05, 0.1) is 23.6 Å². The van der Waals surface area contributed by atoms with Gasteiger partial charge in [0.1, 0.15) is 0 Å². The van der Waals surface area contributed by atoms with Crippen molar-refractivity contribution in [3.63, 3.8) is 0 Å². The first-order chi connectivity index (χ1) is 13.6. The van der Waals surface area contributed by atoms with E-state index in [1.165, 1.54) is 4.90 Å². The van der Waals surface area contributed by atoms with Gasteiger partial charge in [0, 0.05) is 16.6 Å². The Morgan fingerprint density at radius 3 is 2.32 bits per heavy atom. The van der Waals surface area contributed by atoms with Crippen molar-refractivity contribution in [2.24, 2.45) is 11.8 Å². The predicted molar refractivity (Wildman–Crippen MR) is 105 cm³/mol. The molecule has 3 aliphatic heterocycles. The molecule has 0 unspecified atom stereocenters. The highest BCUT2D eigenvalue weighted by Gasteiger charge is 2.64. The SMILES string of the molecule is O=C(c1ccccc1)[C@@H]1[C@H]2C(=O)N(c3ccc(Cl)cc3)C(=O)[C@@H]2[C@H]2CCCN21. The van der Waals surface area contributed by atoms with Gasteiger partial charge in [-0.3, -0.25) is 19.3 Å². The summed E-state index contributed by atoms with van der Waals surface area (Å²) in [5.74, 6) is -1.62. The van der Waals surface area contributed by atoms with Gasteiger partial charge in [-0.1, -0.05) is 41.9 Å². The molecule has 5 rings (SSSR count). The molecule has 0 aliphatic carbocycles. The summed E-state index contributed by atoms with van der Waals surface area (Å²) in [7, 11) is 0. The second-order valence-electron chi connectivity index (χ2n) is 7.66. The Morgan fingerprint density at radius 1 is 0.929 bits per heavy atom. The van der Waals surface area contributed by atoms with Gasteiger partial charge < -0.3 is 0 Å². The molecule has 0 bridgehead atoms. The lowest BCUT2D eigenvalue weighted by Crippen LogP contribution is -2.46. The number of amides is 2. The van der Waals surface area contributed by atoms with Crippen LogP contribution < -0.4 is 4.90 Å². The summed E-state index contributed by atoms with van der Waals surface area (Å²) >= 11 is 5.95. The number of carbonyl (C=O) groups excluding carboxylic acids is 3. The third kappa shape index (κ3) is 2.46. The summed E-state index contributed by atoms with van der Waals surface area (Å²) in [6.07, 6.45) is 1.78. The first kappa shape index (κ1) is 17.6. The van der Waals surface area contributed by atoms with Crippen molar-refractivity contribution in [2.45, 2.75) is 24.9 Å². The Bertz CT molecular complexity index is 960. The van der Waals surface area contributed by atoms with Crippen LogP contribution in [0.25, 0.3) is 0 Å². The van der Waals surface area contributed by atoms with Crippen molar-refractivity contribution in [1.29, 1.82) is 0 Å². The zero-order chi connectivity index (χ0) is 19.4. The second kappa shape index (κ2) is 6.54. The number of fused-ring (bicyclic) bond motifs is 3. The molecule has 2 aromatic carbocycles. The standard InChI is InChI=1S/C22H19ClN2O3/c23-14-8-10-15(11-9-14)25-21(27)17-16-7-4-12-24(16)19(18(17)22(25)28)20(26)13-5-2-1-3-6-13/h1-3,5-6,8-11,16-19H,4,7,12H2/t16-,17-,18+,19+/m1/s1. The molecule has 6 heteroatoms. The van der Waals surface area contributed by atoms with E-state index in [9.17, 15) is 14.4 Å². The highest BCUT2D eigenvalue weighted by molar-refractivity contribution is 6.31. The molecule has 3 heterocycles. The van der Waals surface area contributed by atoms with E-state index in [1.54, 1.807) is 36.4 Å². The van der Waals surface area contributed by atoms with E-state index in [0.29, 0.717) is 16.3 Å². The van der Waals surface area contributed by atoms with Crippen molar-refractivity contribution in [3.8, 4) is 0 Å².